The molecule has 0 saturated carbocycles. The van der Waals surface area contributed by atoms with E-state index in [4.69, 9.17) is 0 Å². The molecule has 1 aromatic rings. The Morgan fingerprint density at radius 3 is 2.86 bits per heavy atom. The number of carbonyl (C=O) groups is 1. The molecule has 0 aromatic heterocycles. The molecule has 0 aliphatic heterocycles. The molecule has 0 atom stereocenters. The molecule has 14 heavy (non-hydrogen) atoms. The summed E-state index contributed by atoms with van der Waals surface area (Å²) in [6.45, 7) is 2.03. The summed E-state index contributed by atoms with van der Waals surface area (Å²) in [5.74, 6) is 0. The zero-order valence-corrected chi connectivity index (χ0v) is 9.72. The maximum absolute atomic E-state index is 11.0. The topological polar surface area (TPSA) is 38.3 Å². The number of hydrogen-bond acceptors (Lipinski definition) is 2. The minimum Gasteiger partial charge on any atom is -0.453 e. The molecule has 76 valence electrons. The first kappa shape index (κ1) is 11.0. The largest absolute Gasteiger partial charge is 0.453 e. The van der Waals surface area contributed by atoms with Crippen molar-refractivity contribution in [2.75, 3.05) is 12.4 Å². The lowest BCUT2D eigenvalue weighted by Crippen LogP contribution is -2.12. The van der Waals surface area contributed by atoms with Crippen molar-refractivity contribution in [3.63, 3.8) is 0 Å². The normalized spacial score (nSPS) is 9.64. The highest BCUT2D eigenvalue weighted by atomic mass is 79.9. The number of benzene rings is 1. The molecule has 0 unspecified atom stereocenters. The van der Waals surface area contributed by atoms with Crippen LogP contribution in [0.25, 0.3) is 0 Å². The second-order valence-electron chi connectivity index (χ2n) is 2.77. The van der Waals surface area contributed by atoms with Crippen molar-refractivity contribution in [2.45, 2.75) is 13.3 Å². The van der Waals surface area contributed by atoms with Gasteiger partial charge in [0.2, 0.25) is 0 Å². The SMILES string of the molecule is CCc1cc(Br)ccc1NC(=O)OC. The molecule has 4 heteroatoms. The Kier molecular flexibility index (Phi) is 3.95. The van der Waals surface area contributed by atoms with E-state index < -0.39 is 6.09 Å². The number of ether oxygens (including phenoxy) is 1. The highest BCUT2D eigenvalue weighted by Gasteiger charge is 2.05. The zero-order valence-electron chi connectivity index (χ0n) is 8.13. The number of amides is 1. The lowest BCUT2D eigenvalue weighted by molar-refractivity contribution is 0.187. The van der Waals surface area contributed by atoms with E-state index in [1.807, 2.05) is 25.1 Å². The molecule has 0 saturated heterocycles. The number of anilines is 1. The van der Waals surface area contributed by atoms with Gasteiger partial charge >= 0.3 is 6.09 Å². The number of hydrogen-bond donors (Lipinski definition) is 1. The molecule has 0 aliphatic rings. The highest BCUT2D eigenvalue weighted by Crippen LogP contribution is 2.21. The van der Waals surface area contributed by atoms with Crippen molar-refractivity contribution in [1.29, 1.82) is 0 Å². The number of aryl methyl sites for hydroxylation is 1. The standard InChI is InChI=1S/C10H12BrNO2/c1-3-7-6-8(11)4-5-9(7)12-10(13)14-2/h4-6H,3H2,1-2H3,(H,12,13). The van der Waals surface area contributed by atoms with E-state index in [0.29, 0.717) is 0 Å². The van der Waals surface area contributed by atoms with Crippen molar-refractivity contribution in [1.82, 2.24) is 0 Å². The van der Waals surface area contributed by atoms with Crippen LogP contribution in [0.1, 0.15) is 12.5 Å². The van der Waals surface area contributed by atoms with Crippen LogP contribution in [0.3, 0.4) is 0 Å². The van der Waals surface area contributed by atoms with Crippen LogP contribution >= 0.6 is 15.9 Å². The van der Waals surface area contributed by atoms with Gasteiger partial charge in [0.25, 0.3) is 0 Å². The Labute approximate surface area is 91.6 Å². The fraction of sp³-hybridized carbons (Fsp3) is 0.300. The first-order valence-electron chi connectivity index (χ1n) is 4.30. The van der Waals surface area contributed by atoms with Crippen LogP contribution in [0.2, 0.25) is 0 Å². The van der Waals surface area contributed by atoms with Gasteiger partial charge in [-0.1, -0.05) is 22.9 Å². The Morgan fingerprint density at radius 1 is 1.57 bits per heavy atom. The third kappa shape index (κ3) is 2.73. The maximum atomic E-state index is 11.0. The number of nitrogens with one attached hydrogen (secondary N) is 1. The molecular formula is C10H12BrNO2. The van der Waals surface area contributed by atoms with E-state index in [1.165, 1.54) is 7.11 Å². The number of methoxy groups -OCH3 is 1. The van der Waals surface area contributed by atoms with Gasteiger partial charge in [-0.05, 0) is 30.2 Å². The van der Waals surface area contributed by atoms with Crippen molar-refractivity contribution in [3.05, 3.63) is 28.2 Å². The van der Waals surface area contributed by atoms with Gasteiger partial charge in [0, 0.05) is 10.2 Å². The summed E-state index contributed by atoms with van der Waals surface area (Å²) >= 11 is 3.38. The van der Waals surface area contributed by atoms with Crippen LogP contribution in [0.5, 0.6) is 0 Å². The van der Waals surface area contributed by atoms with Crippen molar-refractivity contribution in [3.8, 4) is 0 Å². The summed E-state index contributed by atoms with van der Waals surface area (Å²) in [5.41, 5.74) is 1.87. The van der Waals surface area contributed by atoms with E-state index in [1.54, 1.807) is 0 Å². The van der Waals surface area contributed by atoms with Gasteiger partial charge in [0.15, 0.2) is 0 Å². The van der Waals surface area contributed by atoms with E-state index in [-0.39, 0.29) is 0 Å². The first-order chi connectivity index (χ1) is 6.67. The third-order valence-electron chi connectivity index (χ3n) is 1.87. The molecule has 0 fully saturated rings. The molecule has 1 aromatic carbocycles. The van der Waals surface area contributed by atoms with Gasteiger partial charge in [0.1, 0.15) is 0 Å². The van der Waals surface area contributed by atoms with Gasteiger partial charge in [-0.3, -0.25) is 5.32 Å². The summed E-state index contributed by atoms with van der Waals surface area (Å²) < 4.78 is 5.53. The molecule has 3 nitrogen and oxygen atoms in total. The number of halogens is 1. The highest BCUT2D eigenvalue weighted by molar-refractivity contribution is 9.10. The minimum atomic E-state index is -0.443. The second-order valence-corrected chi connectivity index (χ2v) is 3.69. The fourth-order valence-corrected chi connectivity index (χ4v) is 1.55. The van der Waals surface area contributed by atoms with Crippen LogP contribution in [-0.4, -0.2) is 13.2 Å². The summed E-state index contributed by atoms with van der Waals surface area (Å²) in [5, 5.41) is 2.66. The Balaban J connectivity index is 2.90. The van der Waals surface area contributed by atoms with Gasteiger partial charge in [-0.2, -0.15) is 0 Å². The van der Waals surface area contributed by atoms with Gasteiger partial charge in [-0.15, -0.1) is 0 Å². The monoisotopic (exact) mass is 257 g/mol. The minimum absolute atomic E-state index is 0.443. The quantitative estimate of drug-likeness (QED) is 0.884. The van der Waals surface area contributed by atoms with Gasteiger partial charge < -0.3 is 4.74 Å². The molecule has 0 heterocycles. The van der Waals surface area contributed by atoms with Crippen LogP contribution in [-0.2, 0) is 11.2 Å². The third-order valence-corrected chi connectivity index (χ3v) is 2.36. The first-order valence-corrected chi connectivity index (χ1v) is 5.10. The van der Waals surface area contributed by atoms with Crippen molar-refractivity contribution < 1.29 is 9.53 Å². The predicted octanol–water partition coefficient (Wildman–Crippen LogP) is 3.19. The summed E-state index contributed by atoms with van der Waals surface area (Å²) in [7, 11) is 1.35. The molecule has 1 N–H and O–H groups in total. The summed E-state index contributed by atoms with van der Waals surface area (Å²) in [6.07, 6.45) is 0.417. The number of carbonyl (C=O) groups excluding carboxylic acids is 1. The van der Waals surface area contributed by atoms with E-state index >= 15 is 0 Å². The molecular weight excluding hydrogens is 246 g/mol. The Bertz CT molecular complexity index is 339. The smallest absolute Gasteiger partial charge is 0.411 e. The van der Waals surface area contributed by atoms with E-state index in [9.17, 15) is 4.79 Å². The van der Waals surface area contributed by atoms with Crippen LogP contribution in [0.15, 0.2) is 22.7 Å². The molecule has 1 amide bonds. The lowest BCUT2D eigenvalue weighted by atomic mass is 10.1. The molecule has 0 bridgehead atoms. The van der Waals surface area contributed by atoms with Crippen LogP contribution in [0, 0.1) is 0 Å². The number of rotatable bonds is 2. The predicted molar refractivity (Wildman–Crippen MR) is 59.5 cm³/mol. The molecule has 0 radical (unpaired) electrons. The Hall–Kier alpha value is -1.03. The average molecular weight is 258 g/mol. The summed E-state index contributed by atoms with van der Waals surface area (Å²) in [4.78, 5) is 11.0. The maximum Gasteiger partial charge on any atom is 0.411 e. The zero-order chi connectivity index (χ0) is 10.6. The average Bonchev–Trinajstić information content (AvgIpc) is 2.20. The van der Waals surface area contributed by atoms with Gasteiger partial charge in [0.05, 0.1) is 7.11 Å². The molecule has 0 spiro atoms. The van der Waals surface area contributed by atoms with Crippen molar-refractivity contribution in [2.24, 2.45) is 0 Å². The van der Waals surface area contributed by atoms with Crippen LogP contribution < -0.4 is 5.32 Å². The molecule has 0 aliphatic carbocycles. The Morgan fingerprint density at radius 2 is 2.29 bits per heavy atom. The van der Waals surface area contributed by atoms with Crippen molar-refractivity contribution >= 4 is 27.7 Å². The van der Waals surface area contributed by atoms with Crippen LogP contribution in [0.4, 0.5) is 10.5 Å². The van der Waals surface area contributed by atoms with E-state index in [2.05, 4.69) is 26.0 Å². The lowest BCUT2D eigenvalue weighted by Gasteiger charge is -2.08. The van der Waals surface area contributed by atoms with E-state index in [0.717, 1.165) is 22.1 Å². The molecule has 1 rings (SSSR count). The van der Waals surface area contributed by atoms with Gasteiger partial charge in [-0.25, -0.2) is 4.79 Å². The fourth-order valence-electron chi connectivity index (χ4n) is 1.14. The summed E-state index contributed by atoms with van der Waals surface area (Å²) in [6, 6.07) is 5.70. The second kappa shape index (κ2) is 5.00.